The third kappa shape index (κ3) is 3.65. The van der Waals surface area contributed by atoms with E-state index in [2.05, 4.69) is 42.4 Å². The zero-order chi connectivity index (χ0) is 16.9. The summed E-state index contributed by atoms with van der Waals surface area (Å²) in [5.74, 6) is 0.164. The van der Waals surface area contributed by atoms with Crippen molar-refractivity contribution in [3.63, 3.8) is 0 Å². The van der Waals surface area contributed by atoms with Crippen LogP contribution in [0.5, 0.6) is 0 Å². The maximum Gasteiger partial charge on any atom is 0.224 e. The van der Waals surface area contributed by atoms with E-state index in [1.54, 1.807) is 0 Å². The van der Waals surface area contributed by atoms with Gasteiger partial charge in [-0.2, -0.15) is 5.10 Å². The zero-order valence-corrected chi connectivity index (χ0v) is 14.3. The van der Waals surface area contributed by atoms with Crippen LogP contribution in [0.2, 0.25) is 0 Å². The maximum atomic E-state index is 12.5. The van der Waals surface area contributed by atoms with Gasteiger partial charge in [0, 0.05) is 24.9 Å². The first-order chi connectivity index (χ1) is 11.7. The van der Waals surface area contributed by atoms with Gasteiger partial charge >= 0.3 is 0 Å². The third-order valence-electron chi connectivity index (χ3n) is 4.29. The van der Waals surface area contributed by atoms with E-state index in [0.717, 1.165) is 16.5 Å². The molecule has 0 saturated carbocycles. The van der Waals surface area contributed by atoms with E-state index in [0.29, 0.717) is 26.1 Å². The molecule has 0 radical (unpaired) electrons. The van der Waals surface area contributed by atoms with E-state index in [9.17, 15) is 4.79 Å². The minimum Gasteiger partial charge on any atom is -0.339 e. The van der Waals surface area contributed by atoms with Gasteiger partial charge in [0.1, 0.15) is 0 Å². The van der Waals surface area contributed by atoms with Crippen molar-refractivity contribution in [2.75, 3.05) is 6.54 Å². The SMILES string of the molecule is CCN(Cc1ccccc1)C(=O)CCn1ncc2cc(C)ccc21. The van der Waals surface area contributed by atoms with Crippen molar-refractivity contribution >= 4 is 16.8 Å². The Morgan fingerprint density at radius 3 is 2.71 bits per heavy atom. The van der Waals surface area contributed by atoms with Crippen LogP contribution < -0.4 is 0 Å². The van der Waals surface area contributed by atoms with Crippen molar-refractivity contribution in [1.29, 1.82) is 0 Å². The zero-order valence-electron chi connectivity index (χ0n) is 14.3. The Hall–Kier alpha value is -2.62. The predicted molar refractivity (Wildman–Crippen MR) is 96.6 cm³/mol. The standard InChI is InChI=1S/C20H23N3O/c1-3-22(15-17-7-5-4-6-8-17)20(24)11-12-23-19-10-9-16(2)13-18(19)14-21-23/h4-10,13-14H,3,11-12,15H2,1-2H3. The highest BCUT2D eigenvalue weighted by Gasteiger charge is 2.13. The number of aryl methyl sites for hydroxylation is 2. The molecule has 0 aliphatic carbocycles. The van der Waals surface area contributed by atoms with Crippen molar-refractivity contribution in [3.05, 3.63) is 65.9 Å². The van der Waals surface area contributed by atoms with Gasteiger partial charge in [-0.05, 0) is 31.5 Å². The van der Waals surface area contributed by atoms with Gasteiger partial charge in [-0.25, -0.2) is 0 Å². The number of amides is 1. The molecule has 0 spiro atoms. The van der Waals surface area contributed by atoms with Crippen LogP contribution in [0.1, 0.15) is 24.5 Å². The van der Waals surface area contributed by atoms with Crippen molar-refractivity contribution in [2.45, 2.75) is 33.4 Å². The summed E-state index contributed by atoms with van der Waals surface area (Å²) in [4.78, 5) is 14.4. The predicted octanol–water partition coefficient (Wildman–Crippen LogP) is 3.78. The van der Waals surface area contributed by atoms with Gasteiger partial charge in [0.2, 0.25) is 5.91 Å². The Balaban J connectivity index is 1.65. The molecular weight excluding hydrogens is 298 g/mol. The van der Waals surface area contributed by atoms with Crippen LogP contribution in [-0.4, -0.2) is 27.1 Å². The molecule has 0 fully saturated rings. The molecule has 3 rings (SSSR count). The summed E-state index contributed by atoms with van der Waals surface area (Å²) in [6.07, 6.45) is 2.33. The van der Waals surface area contributed by atoms with Crippen molar-refractivity contribution in [3.8, 4) is 0 Å². The smallest absolute Gasteiger partial charge is 0.224 e. The quantitative estimate of drug-likeness (QED) is 0.693. The summed E-state index contributed by atoms with van der Waals surface area (Å²) >= 11 is 0. The fourth-order valence-electron chi connectivity index (χ4n) is 2.92. The van der Waals surface area contributed by atoms with Crippen LogP contribution in [0, 0.1) is 6.92 Å². The highest BCUT2D eigenvalue weighted by Crippen LogP contribution is 2.16. The molecule has 1 heterocycles. The van der Waals surface area contributed by atoms with Crippen LogP contribution in [0.25, 0.3) is 10.9 Å². The molecule has 3 aromatic rings. The summed E-state index contributed by atoms with van der Waals surface area (Å²) in [7, 11) is 0. The summed E-state index contributed by atoms with van der Waals surface area (Å²) in [6, 6.07) is 16.4. The normalized spacial score (nSPS) is 10.9. The van der Waals surface area contributed by atoms with Gasteiger partial charge in [0.25, 0.3) is 0 Å². The summed E-state index contributed by atoms with van der Waals surface area (Å²) in [6.45, 7) is 6.08. The van der Waals surface area contributed by atoms with E-state index in [1.165, 1.54) is 5.56 Å². The van der Waals surface area contributed by atoms with Crippen LogP contribution in [0.15, 0.2) is 54.7 Å². The first kappa shape index (κ1) is 16.2. The first-order valence-corrected chi connectivity index (χ1v) is 8.41. The average molecular weight is 321 g/mol. The monoisotopic (exact) mass is 321 g/mol. The molecule has 0 saturated heterocycles. The lowest BCUT2D eigenvalue weighted by molar-refractivity contribution is -0.131. The maximum absolute atomic E-state index is 12.5. The van der Waals surface area contributed by atoms with Crippen LogP contribution >= 0.6 is 0 Å². The van der Waals surface area contributed by atoms with Gasteiger partial charge in [-0.1, -0.05) is 42.0 Å². The van der Waals surface area contributed by atoms with E-state index < -0.39 is 0 Å². The second kappa shape index (κ2) is 7.30. The van der Waals surface area contributed by atoms with Crippen LogP contribution in [0.4, 0.5) is 0 Å². The number of aromatic nitrogens is 2. The van der Waals surface area contributed by atoms with E-state index in [1.807, 2.05) is 40.9 Å². The molecule has 1 aromatic heterocycles. The molecule has 0 N–H and O–H groups in total. The van der Waals surface area contributed by atoms with Gasteiger partial charge in [-0.15, -0.1) is 0 Å². The Labute approximate surface area is 142 Å². The molecule has 1 amide bonds. The van der Waals surface area contributed by atoms with Gasteiger partial charge < -0.3 is 4.90 Å². The number of carbonyl (C=O) groups excluding carboxylic acids is 1. The molecule has 0 atom stereocenters. The number of carbonyl (C=O) groups is 1. The van der Waals surface area contributed by atoms with E-state index >= 15 is 0 Å². The summed E-state index contributed by atoms with van der Waals surface area (Å²) in [5.41, 5.74) is 3.46. The largest absolute Gasteiger partial charge is 0.339 e. The van der Waals surface area contributed by atoms with Crippen molar-refractivity contribution in [1.82, 2.24) is 14.7 Å². The van der Waals surface area contributed by atoms with Gasteiger partial charge in [0.15, 0.2) is 0 Å². The minimum atomic E-state index is 0.164. The molecule has 24 heavy (non-hydrogen) atoms. The Morgan fingerprint density at radius 2 is 1.96 bits per heavy atom. The lowest BCUT2D eigenvalue weighted by atomic mass is 10.2. The number of fused-ring (bicyclic) bond motifs is 1. The molecule has 0 bridgehead atoms. The van der Waals surface area contributed by atoms with Crippen LogP contribution in [-0.2, 0) is 17.9 Å². The first-order valence-electron chi connectivity index (χ1n) is 8.41. The van der Waals surface area contributed by atoms with Gasteiger partial charge in [-0.3, -0.25) is 9.48 Å². The Kier molecular flexibility index (Phi) is 4.94. The number of hydrogen-bond acceptors (Lipinski definition) is 2. The molecular formula is C20H23N3O. The van der Waals surface area contributed by atoms with Crippen molar-refractivity contribution in [2.24, 2.45) is 0 Å². The second-order valence-electron chi connectivity index (χ2n) is 6.07. The van der Waals surface area contributed by atoms with E-state index in [-0.39, 0.29) is 5.91 Å². The number of rotatable bonds is 6. The molecule has 0 aliphatic rings. The number of hydrogen-bond donors (Lipinski definition) is 0. The van der Waals surface area contributed by atoms with Crippen molar-refractivity contribution < 1.29 is 4.79 Å². The third-order valence-corrected chi connectivity index (χ3v) is 4.29. The Bertz CT molecular complexity index is 823. The highest BCUT2D eigenvalue weighted by molar-refractivity contribution is 5.80. The lowest BCUT2D eigenvalue weighted by Gasteiger charge is -2.21. The fraction of sp³-hybridized carbons (Fsp3) is 0.300. The highest BCUT2D eigenvalue weighted by atomic mass is 16.2. The molecule has 0 unspecified atom stereocenters. The number of benzene rings is 2. The fourth-order valence-corrected chi connectivity index (χ4v) is 2.92. The Morgan fingerprint density at radius 1 is 1.17 bits per heavy atom. The number of nitrogens with zero attached hydrogens (tertiary/aromatic N) is 3. The lowest BCUT2D eigenvalue weighted by Crippen LogP contribution is -2.31. The molecule has 4 nitrogen and oxygen atoms in total. The molecule has 124 valence electrons. The topological polar surface area (TPSA) is 38.1 Å². The summed E-state index contributed by atoms with van der Waals surface area (Å²) in [5, 5.41) is 5.55. The van der Waals surface area contributed by atoms with Crippen LogP contribution in [0.3, 0.4) is 0 Å². The average Bonchev–Trinajstić information content (AvgIpc) is 3.00. The molecule has 4 heteroatoms. The molecule has 0 aliphatic heterocycles. The molecule has 2 aromatic carbocycles. The second-order valence-corrected chi connectivity index (χ2v) is 6.07. The minimum absolute atomic E-state index is 0.164. The summed E-state index contributed by atoms with van der Waals surface area (Å²) < 4.78 is 1.92. The van der Waals surface area contributed by atoms with E-state index in [4.69, 9.17) is 0 Å². The van der Waals surface area contributed by atoms with Gasteiger partial charge in [0.05, 0.1) is 18.3 Å².